The van der Waals surface area contributed by atoms with Crippen LogP contribution >= 0.6 is 0 Å². The Labute approximate surface area is 167 Å². The maximum atomic E-state index is 13.4. The summed E-state index contributed by atoms with van der Waals surface area (Å²) in [6.07, 6.45) is -4.50. The van der Waals surface area contributed by atoms with E-state index in [0.29, 0.717) is 11.3 Å². The molecule has 29 heavy (non-hydrogen) atoms. The fraction of sp³-hybridized carbons (Fsp3) is 0.318. The quantitative estimate of drug-likeness (QED) is 0.717. The molecule has 0 saturated carbocycles. The van der Waals surface area contributed by atoms with Gasteiger partial charge in [-0.2, -0.15) is 13.2 Å². The first kappa shape index (κ1) is 20.8. The molecule has 1 heterocycles. The molecule has 4 nitrogen and oxygen atoms in total. The number of carboxylic acid groups (broad SMARTS) is 1. The maximum Gasteiger partial charge on any atom is 0.416 e. The number of halogens is 3. The Bertz CT molecular complexity index is 966. The lowest BCUT2D eigenvalue weighted by Gasteiger charge is -2.37. The number of rotatable bonds is 5. The highest BCUT2D eigenvalue weighted by atomic mass is 19.4. The monoisotopic (exact) mass is 405 g/mol. The Kier molecular flexibility index (Phi) is 5.59. The Morgan fingerprint density at radius 3 is 2.52 bits per heavy atom. The largest absolute Gasteiger partial charge is 0.479 e. The number of fused-ring (bicyclic) bond motifs is 1. The lowest BCUT2D eigenvalue weighted by Crippen LogP contribution is -2.33. The van der Waals surface area contributed by atoms with Crippen molar-refractivity contribution in [3.8, 4) is 0 Å². The number of carbonyl (C=O) groups is 1. The molecule has 2 aromatic rings. The molecule has 0 amide bonds. The van der Waals surface area contributed by atoms with Gasteiger partial charge in [-0.25, -0.2) is 4.79 Å². The van der Waals surface area contributed by atoms with E-state index in [1.807, 2.05) is 31.2 Å². The van der Waals surface area contributed by atoms with Crippen LogP contribution in [0.3, 0.4) is 0 Å². The molecule has 0 aliphatic carbocycles. The number of benzene rings is 2. The first-order chi connectivity index (χ1) is 13.6. The molecular formula is C22H22F3NO3. The van der Waals surface area contributed by atoms with E-state index in [0.717, 1.165) is 23.3 Å². The van der Waals surface area contributed by atoms with Crippen molar-refractivity contribution >= 4 is 11.7 Å². The van der Waals surface area contributed by atoms with Gasteiger partial charge in [0, 0.05) is 11.6 Å². The maximum absolute atomic E-state index is 13.4. The highest BCUT2D eigenvalue weighted by molar-refractivity contribution is 5.92. The van der Waals surface area contributed by atoms with Crippen LogP contribution in [0.1, 0.15) is 42.0 Å². The van der Waals surface area contributed by atoms with Gasteiger partial charge < -0.3 is 14.7 Å². The standard InChI is InChI=1S/C22H22F3NO3/c1-4-29-20-19(21(27)28)14(3)17-9-8-16(22(23,24)25)11-18(17)26(20)12-15-7-5-6-13(2)10-15/h5-11,14H,4,12H2,1-3H3,(H,27,28). The van der Waals surface area contributed by atoms with E-state index >= 15 is 0 Å². The molecule has 1 aliphatic heterocycles. The van der Waals surface area contributed by atoms with Crippen molar-refractivity contribution in [1.29, 1.82) is 0 Å². The predicted molar refractivity (Wildman–Crippen MR) is 104 cm³/mol. The van der Waals surface area contributed by atoms with E-state index in [1.165, 1.54) is 11.0 Å². The zero-order valence-corrected chi connectivity index (χ0v) is 16.4. The Morgan fingerprint density at radius 2 is 1.93 bits per heavy atom. The molecule has 0 bridgehead atoms. The first-order valence-electron chi connectivity index (χ1n) is 9.28. The highest BCUT2D eigenvalue weighted by Crippen LogP contribution is 2.44. The number of hydrogen-bond donors (Lipinski definition) is 1. The van der Waals surface area contributed by atoms with Crippen molar-refractivity contribution in [3.63, 3.8) is 0 Å². The molecule has 0 fully saturated rings. The lowest BCUT2D eigenvalue weighted by molar-refractivity contribution is -0.137. The Hall–Kier alpha value is -2.96. The number of aliphatic carboxylic acids is 1. The lowest BCUT2D eigenvalue weighted by atomic mass is 9.87. The number of nitrogens with zero attached hydrogens (tertiary/aromatic N) is 1. The van der Waals surface area contributed by atoms with Crippen LogP contribution in [0.25, 0.3) is 0 Å². The molecule has 1 atom stereocenters. The number of aryl methyl sites for hydroxylation is 1. The van der Waals surface area contributed by atoms with Gasteiger partial charge in [0.1, 0.15) is 5.57 Å². The first-order valence-corrected chi connectivity index (χ1v) is 9.28. The van der Waals surface area contributed by atoms with Crippen molar-refractivity contribution in [1.82, 2.24) is 0 Å². The highest BCUT2D eigenvalue weighted by Gasteiger charge is 2.38. The summed E-state index contributed by atoms with van der Waals surface area (Å²) in [5, 5.41) is 9.80. The summed E-state index contributed by atoms with van der Waals surface area (Å²) in [5.74, 6) is -1.68. The van der Waals surface area contributed by atoms with Crippen LogP contribution in [0.15, 0.2) is 53.9 Å². The second kappa shape index (κ2) is 7.81. The summed E-state index contributed by atoms with van der Waals surface area (Å²) in [4.78, 5) is 13.5. The Balaban J connectivity index is 2.22. The molecule has 1 unspecified atom stereocenters. The van der Waals surface area contributed by atoms with Crippen molar-refractivity contribution in [2.75, 3.05) is 11.5 Å². The van der Waals surface area contributed by atoms with Crippen molar-refractivity contribution in [3.05, 3.63) is 76.2 Å². The van der Waals surface area contributed by atoms with Crippen LogP contribution < -0.4 is 4.90 Å². The smallest absolute Gasteiger partial charge is 0.416 e. The van der Waals surface area contributed by atoms with Gasteiger partial charge >= 0.3 is 12.1 Å². The van der Waals surface area contributed by atoms with Gasteiger partial charge in [0.25, 0.3) is 0 Å². The number of anilines is 1. The molecular weight excluding hydrogens is 383 g/mol. The summed E-state index contributed by atoms with van der Waals surface area (Å²) >= 11 is 0. The van der Waals surface area contributed by atoms with Crippen LogP contribution in [0.2, 0.25) is 0 Å². The van der Waals surface area contributed by atoms with E-state index < -0.39 is 23.6 Å². The minimum absolute atomic E-state index is 0.0340. The van der Waals surface area contributed by atoms with Crippen LogP contribution in [0, 0.1) is 6.92 Å². The molecule has 1 N–H and O–H groups in total. The zero-order valence-electron chi connectivity index (χ0n) is 16.4. The van der Waals surface area contributed by atoms with E-state index in [9.17, 15) is 23.1 Å². The average molecular weight is 405 g/mol. The van der Waals surface area contributed by atoms with Gasteiger partial charge in [-0.05, 0) is 37.1 Å². The van der Waals surface area contributed by atoms with Gasteiger partial charge in [-0.3, -0.25) is 0 Å². The second-order valence-electron chi connectivity index (χ2n) is 7.03. The zero-order chi connectivity index (χ0) is 21.3. The summed E-state index contributed by atoms with van der Waals surface area (Å²) in [7, 11) is 0. The summed E-state index contributed by atoms with van der Waals surface area (Å²) < 4.78 is 45.7. The minimum atomic E-state index is -4.50. The van der Waals surface area contributed by atoms with Gasteiger partial charge in [-0.15, -0.1) is 0 Å². The SMILES string of the molecule is CCOC1=C(C(=O)O)C(C)c2ccc(C(F)(F)F)cc2N1Cc1cccc(C)c1. The minimum Gasteiger partial charge on any atom is -0.479 e. The van der Waals surface area contributed by atoms with Crippen LogP contribution in [0.4, 0.5) is 18.9 Å². The second-order valence-corrected chi connectivity index (χ2v) is 7.03. The Morgan fingerprint density at radius 1 is 1.21 bits per heavy atom. The topological polar surface area (TPSA) is 49.8 Å². The summed E-state index contributed by atoms with van der Waals surface area (Å²) in [5.41, 5.74) is 1.91. The molecule has 3 rings (SSSR count). The third-order valence-electron chi connectivity index (χ3n) is 4.96. The van der Waals surface area contributed by atoms with E-state index in [-0.39, 0.29) is 24.6 Å². The fourth-order valence-electron chi connectivity index (χ4n) is 3.63. The van der Waals surface area contributed by atoms with Crippen LogP contribution in [0.5, 0.6) is 0 Å². The normalized spacial score (nSPS) is 16.6. The summed E-state index contributed by atoms with van der Waals surface area (Å²) in [6.45, 7) is 5.67. The molecule has 0 spiro atoms. The predicted octanol–water partition coefficient (Wildman–Crippen LogP) is 5.47. The number of carboxylic acids is 1. The van der Waals surface area contributed by atoms with E-state index in [4.69, 9.17) is 4.74 Å². The van der Waals surface area contributed by atoms with E-state index in [2.05, 4.69) is 0 Å². The number of ether oxygens (including phenoxy) is 1. The molecule has 0 saturated heterocycles. The van der Waals surface area contributed by atoms with Gasteiger partial charge in [0.05, 0.1) is 18.7 Å². The number of alkyl halides is 3. The molecule has 2 aromatic carbocycles. The summed E-state index contributed by atoms with van der Waals surface area (Å²) in [6, 6.07) is 11.0. The van der Waals surface area contributed by atoms with Crippen LogP contribution in [-0.2, 0) is 22.3 Å². The van der Waals surface area contributed by atoms with Gasteiger partial charge in [0.15, 0.2) is 0 Å². The third kappa shape index (κ3) is 4.09. The molecule has 0 radical (unpaired) electrons. The van der Waals surface area contributed by atoms with Crippen LogP contribution in [-0.4, -0.2) is 17.7 Å². The molecule has 1 aliphatic rings. The number of hydrogen-bond acceptors (Lipinski definition) is 3. The molecule has 7 heteroatoms. The van der Waals surface area contributed by atoms with Gasteiger partial charge in [-0.1, -0.05) is 42.8 Å². The molecule has 154 valence electrons. The van der Waals surface area contributed by atoms with Crippen molar-refractivity contribution < 1.29 is 27.8 Å². The molecule has 0 aromatic heterocycles. The fourth-order valence-corrected chi connectivity index (χ4v) is 3.63. The van der Waals surface area contributed by atoms with Crippen molar-refractivity contribution in [2.45, 2.75) is 39.4 Å². The van der Waals surface area contributed by atoms with E-state index in [1.54, 1.807) is 13.8 Å². The van der Waals surface area contributed by atoms with Gasteiger partial charge in [0.2, 0.25) is 5.88 Å². The average Bonchev–Trinajstić information content (AvgIpc) is 2.63. The van der Waals surface area contributed by atoms with Crippen molar-refractivity contribution in [2.24, 2.45) is 0 Å². The third-order valence-corrected chi connectivity index (χ3v) is 4.96.